The van der Waals surface area contributed by atoms with E-state index in [1.807, 2.05) is 35.4 Å². The Hall–Kier alpha value is -1.02. The van der Waals surface area contributed by atoms with Crippen LogP contribution in [0.25, 0.3) is 0 Å². The van der Waals surface area contributed by atoms with Gasteiger partial charge in [-0.3, -0.25) is 9.90 Å². The van der Waals surface area contributed by atoms with Gasteiger partial charge in [-0.25, -0.2) is 0 Å². The zero-order chi connectivity index (χ0) is 7.68. The van der Waals surface area contributed by atoms with Crippen LogP contribution < -0.4 is 5.06 Å². The van der Waals surface area contributed by atoms with Crippen molar-refractivity contribution in [3.8, 4) is 0 Å². The summed E-state index contributed by atoms with van der Waals surface area (Å²) in [4.78, 5) is 5.36. The zero-order valence-electron chi connectivity index (χ0n) is 6.53. The van der Waals surface area contributed by atoms with Crippen molar-refractivity contribution < 1.29 is 4.84 Å². The Balaban J connectivity index is 2.08. The van der Waals surface area contributed by atoms with Crippen molar-refractivity contribution in [2.24, 2.45) is 0 Å². The van der Waals surface area contributed by atoms with Crippen LogP contribution in [0.2, 0.25) is 0 Å². The summed E-state index contributed by atoms with van der Waals surface area (Å²) in [6.07, 6.45) is 0.384. The molecule has 1 aromatic rings. The van der Waals surface area contributed by atoms with E-state index < -0.39 is 0 Å². The highest BCUT2D eigenvalue weighted by Gasteiger charge is 2.23. The fraction of sp³-hybridized carbons (Fsp3) is 0.333. The van der Waals surface area contributed by atoms with Gasteiger partial charge in [0.05, 0.1) is 12.2 Å². The summed E-state index contributed by atoms with van der Waals surface area (Å²) in [7, 11) is 0. The van der Waals surface area contributed by atoms with Gasteiger partial charge in [-0.15, -0.1) is 0 Å². The van der Waals surface area contributed by atoms with Crippen LogP contribution in [-0.4, -0.2) is 12.6 Å². The largest absolute Gasteiger partial charge is 0.268 e. The highest BCUT2D eigenvalue weighted by Crippen LogP contribution is 2.21. The first-order valence-corrected chi connectivity index (χ1v) is 3.85. The highest BCUT2D eigenvalue weighted by atomic mass is 16.7. The van der Waals surface area contributed by atoms with Crippen molar-refractivity contribution in [2.45, 2.75) is 13.0 Å². The minimum absolute atomic E-state index is 0.384. The van der Waals surface area contributed by atoms with Crippen LogP contribution in [0.4, 0.5) is 5.69 Å². The fourth-order valence-electron chi connectivity index (χ4n) is 1.20. The van der Waals surface area contributed by atoms with Crippen LogP contribution in [0.15, 0.2) is 30.3 Å². The Morgan fingerprint density at radius 3 is 2.55 bits per heavy atom. The second kappa shape index (κ2) is 2.55. The molecule has 0 aromatic heterocycles. The van der Waals surface area contributed by atoms with Crippen molar-refractivity contribution in [2.75, 3.05) is 11.6 Å². The first kappa shape index (κ1) is 6.68. The lowest BCUT2D eigenvalue weighted by atomic mass is 10.2. The molecule has 0 radical (unpaired) electrons. The molecule has 1 aliphatic heterocycles. The number of para-hydroxylation sites is 1. The molecule has 1 heterocycles. The van der Waals surface area contributed by atoms with Crippen molar-refractivity contribution in [3.63, 3.8) is 0 Å². The van der Waals surface area contributed by atoms with E-state index in [4.69, 9.17) is 4.84 Å². The fourth-order valence-corrected chi connectivity index (χ4v) is 1.20. The first-order valence-electron chi connectivity index (χ1n) is 3.85. The number of benzene rings is 1. The van der Waals surface area contributed by atoms with Gasteiger partial charge in [0.2, 0.25) is 0 Å². The molecule has 1 unspecified atom stereocenters. The molecule has 0 amide bonds. The quantitative estimate of drug-likeness (QED) is 0.604. The van der Waals surface area contributed by atoms with E-state index >= 15 is 0 Å². The lowest BCUT2D eigenvalue weighted by Gasteiger charge is -2.37. The Labute approximate surface area is 66.3 Å². The van der Waals surface area contributed by atoms with Crippen LogP contribution >= 0.6 is 0 Å². The Morgan fingerprint density at radius 1 is 1.36 bits per heavy atom. The summed E-state index contributed by atoms with van der Waals surface area (Å²) in [6, 6.07) is 10.1. The van der Waals surface area contributed by atoms with E-state index in [0.29, 0.717) is 6.10 Å². The molecule has 2 heteroatoms. The minimum Gasteiger partial charge on any atom is -0.268 e. The SMILES string of the molecule is CC1CN(c2ccccc2)O1. The molecule has 58 valence electrons. The van der Waals surface area contributed by atoms with E-state index in [1.165, 1.54) is 0 Å². The van der Waals surface area contributed by atoms with Gasteiger partial charge in [0.1, 0.15) is 6.10 Å². The topological polar surface area (TPSA) is 12.5 Å². The number of rotatable bonds is 1. The summed E-state index contributed by atoms with van der Waals surface area (Å²) in [5, 5.41) is 1.91. The third-order valence-corrected chi connectivity index (χ3v) is 1.77. The molecule has 2 nitrogen and oxygen atoms in total. The van der Waals surface area contributed by atoms with Crippen molar-refractivity contribution >= 4 is 5.69 Å². The smallest absolute Gasteiger partial charge is 0.103 e. The molecule has 0 saturated carbocycles. The minimum atomic E-state index is 0.384. The standard InChI is InChI=1S/C9H11NO/c1-8-7-10(11-8)9-5-3-2-4-6-9/h2-6,8H,7H2,1H3. The molecule has 0 aliphatic carbocycles. The third kappa shape index (κ3) is 1.21. The maximum absolute atomic E-state index is 5.36. The van der Waals surface area contributed by atoms with Gasteiger partial charge in [-0.05, 0) is 19.1 Å². The summed E-state index contributed by atoms with van der Waals surface area (Å²) in [5.41, 5.74) is 1.14. The number of hydroxylamine groups is 1. The lowest BCUT2D eigenvalue weighted by molar-refractivity contribution is -0.0442. The van der Waals surface area contributed by atoms with Gasteiger partial charge < -0.3 is 0 Å². The van der Waals surface area contributed by atoms with E-state index in [2.05, 4.69) is 6.92 Å². The number of hydrogen-bond acceptors (Lipinski definition) is 2. The maximum Gasteiger partial charge on any atom is 0.103 e. The van der Waals surface area contributed by atoms with Gasteiger partial charge in [-0.1, -0.05) is 18.2 Å². The zero-order valence-corrected chi connectivity index (χ0v) is 6.53. The lowest BCUT2D eigenvalue weighted by Crippen LogP contribution is -2.46. The van der Waals surface area contributed by atoms with Gasteiger partial charge in [0, 0.05) is 0 Å². The molecule has 0 bridgehead atoms. The van der Waals surface area contributed by atoms with Gasteiger partial charge in [0.25, 0.3) is 0 Å². The molecule has 0 spiro atoms. The molecule has 2 rings (SSSR count). The average Bonchev–Trinajstić information content (AvgIpc) is 2.01. The highest BCUT2D eigenvalue weighted by molar-refractivity contribution is 5.44. The second-order valence-corrected chi connectivity index (χ2v) is 2.81. The van der Waals surface area contributed by atoms with Gasteiger partial charge in [-0.2, -0.15) is 0 Å². The monoisotopic (exact) mass is 149 g/mol. The van der Waals surface area contributed by atoms with E-state index in [0.717, 1.165) is 12.2 Å². The number of hydrogen-bond donors (Lipinski definition) is 0. The number of nitrogens with zero attached hydrogens (tertiary/aromatic N) is 1. The number of anilines is 1. The maximum atomic E-state index is 5.36. The summed E-state index contributed by atoms with van der Waals surface area (Å²) >= 11 is 0. The second-order valence-electron chi connectivity index (χ2n) is 2.81. The molecular formula is C9H11NO. The Morgan fingerprint density at radius 2 is 2.00 bits per heavy atom. The molecule has 1 fully saturated rings. The van der Waals surface area contributed by atoms with Gasteiger partial charge in [0.15, 0.2) is 0 Å². The summed E-state index contributed by atoms with van der Waals surface area (Å²) in [5.74, 6) is 0. The predicted molar refractivity (Wildman–Crippen MR) is 44.3 cm³/mol. The van der Waals surface area contributed by atoms with Crippen LogP contribution in [0.1, 0.15) is 6.92 Å². The van der Waals surface area contributed by atoms with E-state index in [9.17, 15) is 0 Å². The van der Waals surface area contributed by atoms with Crippen molar-refractivity contribution in [1.82, 2.24) is 0 Å². The van der Waals surface area contributed by atoms with Crippen molar-refractivity contribution in [1.29, 1.82) is 0 Å². The van der Waals surface area contributed by atoms with Crippen molar-refractivity contribution in [3.05, 3.63) is 30.3 Å². The molecule has 1 aromatic carbocycles. The average molecular weight is 149 g/mol. The van der Waals surface area contributed by atoms with Crippen LogP contribution in [0.5, 0.6) is 0 Å². The first-order chi connectivity index (χ1) is 5.36. The molecule has 1 saturated heterocycles. The van der Waals surface area contributed by atoms with Crippen LogP contribution in [-0.2, 0) is 4.84 Å². The molecular weight excluding hydrogens is 138 g/mol. The molecule has 1 aliphatic rings. The van der Waals surface area contributed by atoms with Crippen LogP contribution in [0.3, 0.4) is 0 Å². The van der Waals surface area contributed by atoms with E-state index in [-0.39, 0.29) is 0 Å². The normalized spacial score (nSPS) is 23.0. The summed E-state index contributed by atoms with van der Waals surface area (Å²) in [6.45, 7) is 3.07. The molecule has 0 N–H and O–H groups in total. The van der Waals surface area contributed by atoms with Crippen LogP contribution in [0, 0.1) is 0 Å². The predicted octanol–water partition coefficient (Wildman–Crippen LogP) is 1.83. The Kier molecular flexibility index (Phi) is 1.55. The van der Waals surface area contributed by atoms with E-state index in [1.54, 1.807) is 0 Å². The van der Waals surface area contributed by atoms with Gasteiger partial charge >= 0.3 is 0 Å². The molecule has 11 heavy (non-hydrogen) atoms. The molecule has 1 atom stereocenters. The summed E-state index contributed by atoms with van der Waals surface area (Å²) < 4.78 is 0. The Bertz CT molecular complexity index is 229. The third-order valence-electron chi connectivity index (χ3n) is 1.77.